The Morgan fingerprint density at radius 3 is 2.94 bits per heavy atom. The van der Waals surface area contributed by atoms with Crippen LogP contribution in [-0.4, -0.2) is 39.6 Å². The summed E-state index contributed by atoms with van der Waals surface area (Å²) in [5.74, 6) is 1.11. The van der Waals surface area contributed by atoms with E-state index in [-0.39, 0.29) is 0 Å². The molecule has 92 valence electrons. The first-order valence-electron chi connectivity index (χ1n) is 5.92. The topological polar surface area (TPSA) is 55.6 Å². The highest BCUT2D eigenvalue weighted by Crippen LogP contribution is 2.15. The lowest BCUT2D eigenvalue weighted by molar-refractivity contribution is 0.529. The van der Waals surface area contributed by atoms with Gasteiger partial charge in [-0.1, -0.05) is 37.9 Å². The zero-order chi connectivity index (χ0) is 11.6. The molecule has 0 aliphatic carbocycles. The fourth-order valence-corrected chi connectivity index (χ4v) is 2.25. The van der Waals surface area contributed by atoms with Crippen LogP contribution in [0.1, 0.15) is 32.6 Å². The molecule has 1 heterocycles. The molecular formula is C10H21N5S. The van der Waals surface area contributed by atoms with Crippen molar-refractivity contribution in [3.63, 3.8) is 0 Å². The molecular weight excluding hydrogens is 222 g/mol. The summed E-state index contributed by atoms with van der Waals surface area (Å²) in [6.45, 7) is 3.96. The molecule has 0 atom stereocenters. The molecule has 0 saturated heterocycles. The molecule has 0 unspecified atom stereocenters. The van der Waals surface area contributed by atoms with E-state index in [1.54, 1.807) is 11.8 Å². The summed E-state index contributed by atoms with van der Waals surface area (Å²) in [5.41, 5.74) is 0. The smallest absolute Gasteiger partial charge is 0.209 e. The van der Waals surface area contributed by atoms with Crippen molar-refractivity contribution < 1.29 is 0 Å². The average Bonchev–Trinajstić information content (AvgIpc) is 2.74. The minimum atomic E-state index is 0.834. The number of hydrogen-bond donors (Lipinski definition) is 1. The Kier molecular flexibility index (Phi) is 7.16. The quantitative estimate of drug-likeness (QED) is 0.527. The van der Waals surface area contributed by atoms with Crippen molar-refractivity contribution in [3.05, 3.63) is 0 Å². The highest BCUT2D eigenvalue weighted by molar-refractivity contribution is 7.99. The van der Waals surface area contributed by atoms with E-state index in [1.165, 1.54) is 25.7 Å². The van der Waals surface area contributed by atoms with Crippen LogP contribution in [0.3, 0.4) is 0 Å². The van der Waals surface area contributed by atoms with Crippen LogP contribution in [0.4, 0.5) is 0 Å². The fourth-order valence-electron chi connectivity index (χ4n) is 1.35. The third-order valence-electron chi connectivity index (χ3n) is 2.30. The van der Waals surface area contributed by atoms with Gasteiger partial charge in [0.25, 0.3) is 0 Å². The van der Waals surface area contributed by atoms with Crippen LogP contribution in [0.2, 0.25) is 0 Å². The molecule has 5 nitrogen and oxygen atoms in total. The van der Waals surface area contributed by atoms with Crippen LogP contribution < -0.4 is 5.32 Å². The largest absolute Gasteiger partial charge is 0.318 e. The third kappa shape index (κ3) is 4.94. The zero-order valence-electron chi connectivity index (χ0n) is 10.1. The predicted molar refractivity (Wildman–Crippen MR) is 66.6 cm³/mol. The number of nitrogens with one attached hydrogen (secondary N) is 1. The van der Waals surface area contributed by atoms with Gasteiger partial charge in [-0.15, -0.1) is 5.10 Å². The number of rotatable bonds is 9. The second kappa shape index (κ2) is 8.52. The van der Waals surface area contributed by atoms with Crippen molar-refractivity contribution in [1.29, 1.82) is 0 Å². The Bertz CT molecular complexity index is 276. The van der Waals surface area contributed by atoms with Gasteiger partial charge in [-0.05, 0) is 23.9 Å². The molecule has 0 aromatic carbocycles. The average molecular weight is 243 g/mol. The first kappa shape index (κ1) is 13.4. The molecule has 0 spiro atoms. The van der Waals surface area contributed by atoms with Gasteiger partial charge in [0.15, 0.2) is 0 Å². The van der Waals surface area contributed by atoms with Gasteiger partial charge in [-0.25, -0.2) is 4.68 Å². The molecule has 0 aliphatic heterocycles. The lowest BCUT2D eigenvalue weighted by Crippen LogP contribution is -2.16. The lowest BCUT2D eigenvalue weighted by Gasteiger charge is -2.03. The number of hydrogen-bond acceptors (Lipinski definition) is 5. The molecule has 16 heavy (non-hydrogen) atoms. The highest BCUT2D eigenvalue weighted by atomic mass is 32.2. The van der Waals surface area contributed by atoms with Crippen LogP contribution in [0.5, 0.6) is 0 Å². The van der Waals surface area contributed by atoms with Gasteiger partial charge >= 0.3 is 0 Å². The Morgan fingerprint density at radius 1 is 1.31 bits per heavy atom. The van der Waals surface area contributed by atoms with Crippen molar-refractivity contribution >= 4 is 11.8 Å². The molecule has 0 fully saturated rings. The summed E-state index contributed by atoms with van der Waals surface area (Å²) in [6.07, 6.45) is 5.16. The van der Waals surface area contributed by atoms with Crippen molar-refractivity contribution in [2.24, 2.45) is 0 Å². The van der Waals surface area contributed by atoms with E-state index in [4.69, 9.17) is 0 Å². The normalized spacial score (nSPS) is 10.9. The molecule has 0 saturated carbocycles. The van der Waals surface area contributed by atoms with Crippen molar-refractivity contribution in [1.82, 2.24) is 25.5 Å². The Morgan fingerprint density at radius 2 is 2.19 bits per heavy atom. The van der Waals surface area contributed by atoms with Gasteiger partial charge < -0.3 is 5.32 Å². The molecule has 6 heteroatoms. The van der Waals surface area contributed by atoms with E-state index >= 15 is 0 Å². The molecule has 0 bridgehead atoms. The number of unbranched alkanes of at least 4 members (excludes halogenated alkanes) is 3. The first-order chi connectivity index (χ1) is 7.88. The molecule has 1 aromatic heterocycles. The number of thioether (sulfide) groups is 1. The maximum absolute atomic E-state index is 4.02. The molecule has 0 aliphatic rings. The lowest BCUT2D eigenvalue weighted by atomic mass is 10.2. The van der Waals surface area contributed by atoms with Gasteiger partial charge in [0.2, 0.25) is 5.16 Å². The Labute approximate surface area is 101 Å². The van der Waals surface area contributed by atoms with Gasteiger partial charge in [0, 0.05) is 12.3 Å². The maximum Gasteiger partial charge on any atom is 0.209 e. The first-order valence-corrected chi connectivity index (χ1v) is 6.90. The van der Waals surface area contributed by atoms with Crippen LogP contribution in [0, 0.1) is 0 Å². The van der Waals surface area contributed by atoms with Crippen LogP contribution >= 0.6 is 11.8 Å². The van der Waals surface area contributed by atoms with E-state index < -0.39 is 0 Å². The summed E-state index contributed by atoms with van der Waals surface area (Å²) >= 11 is 1.75. The van der Waals surface area contributed by atoms with Crippen LogP contribution in [-0.2, 0) is 6.54 Å². The number of aromatic nitrogens is 4. The summed E-state index contributed by atoms with van der Waals surface area (Å²) in [5, 5.41) is 15.7. The van der Waals surface area contributed by atoms with E-state index in [0.717, 1.165) is 24.0 Å². The SMILES string of the molecule is CCCCCCSc1nnnn1CCNC. The summed E-state index contributed by atoms with van der Waals surface area (Å²) in [6, 6.07) is 0. The van der Waals surface area contributed by atoms with Crippen molar-refractivity contribution in [2.75, 3.05) is 19.3 Å². The van der Waals surface area contributed by atoms with Gasteiger partial charge in [0.05, 0.1) is 6.54 Å². The minimum absolute atomic E-state index is 0.834. The molecule has 0 amide bonds. The fraction of sp³-hybridized carbons (Fsp3) is 0.900. The van der Waals surface area contributed by atoms with Gasteiger partial charge in [-0.2, -0.15) is 0 Å². The second-order valence-electron chi connectivity index (χ2n) is 3.70. The van der Waals surface area contributed by atoms with E-state index in [9.17, 15) is 0 Å². The maximum atomic E-state index is 4.02. The third-order valence-corrected chi connectivity index (χ3v) is 3.35. The zero-order valence-corrected chi connectivity index (χ0v) is 11.0. The van der Waals surface area contributed by atoms with E-state index in [1.807, 2.05) is 11.7 Å². The molecule has 1 rings (SSSR count). The van der Waals surface area contributed by atoms with Crippen LogP contribution in [0.15, 0.2) is 5.16 Å². The molecule has 0 radical (unpaired) electrons. The predicted octanol–water partition coefficient (Wildman–Crippen LogP) is 1.56. The Balaban J connectivity index is 2.22. The standard InChI is InChI=1S/C10H21N5S/c1-3-4-5-6-9-16-10-12-13-14-15(10)8-7-11-2/h11H,3-9H2,1-2H3. The molecule has 1 aromatic rings. The van der Waals surface area contributed by atoms with Crippen LogP contribution in [0.25, 0.3) is 0 Å². The number of nitrogens with zero attached hydrogens (tertiary/aromatic N) is 4. The monoisotopic (exact) mass is 243 g/mol. The second-order valence-corrected chi connectivity index (χ2v) is 4.76. The summed E-state index contributed by atoms with van der Waals surface area (Å²) in [4.78, 5) is 0. The number of likely N-dealkylation sites (N-methyl/N-ethyl adjacent to an activating group) is 1. The summed E-state index contributed by atoms with van der Waals surface area (Å²) in [7, 11) is 1.93. The van der Waals surface area contributed by atoms with Gasteiger partial charge in [0.1, 0.15) is 0 Å². The van der Waals surface area contributed by atoms with E-state index in [2.05, 4.69) is 27.8 Å². The Hall–Kier alpha value is -0.620. The van der Waals surface area contributed by atoms with Crippen molar-refractivity contribution in [3.8, 4) is 0 Å². The van der Waals surface area contributed by atoms with Gasteiger partial charge in [-0.3, -0.25) is 0 Å². The minimum Gasteiger partial charge on any atom is -0.318 e. The highest BCUT2D eigenvalue weighted by Gasteiger charge is 2.05. The van der Waals surface area contributed by atoms with E-state index in [0.29, 0.717) is 0 Å². The molecule has 1 N–H and O–H groups in total. The summed E-state index contributed by atoms with van der Waals surface area (Å²) < 4.78 is 1.86. The van der Waals surface area contributed by atoms with Crippen molar-refractivity contribution in [2.45, 2.75) is 44.3 Å². The number of tetrazole rings is 1.